The lowest BCUT2D eigenvalue weighted by Crippen LogP contribution is -2.27. The number of benzene rings is 3. The second-order valence-corrected chi connectivity index (χ2v) is 6.89. The highest BCUT2D eigenvalue weighted by atomic mass is 32.1. The van der Waals surface area contributed by atoms with Gasteiger partial charge in [0.15, 0.2) is 5.75 Å². The van der Waals surface area contributed by atoms with Crippen LogP contribution >= 0.6 is 12.8 Å². The molecular weight excluding hydrogens is 430 g/mol. The number of ether oxygens (including phenoxy) is 2. The Morgan fingerprint density at radius 2 is 1.59 bits per heavy atom. The summed E-state index contributed by atoms with van der Waals surface area (Å²) in [4.78, 5) is 37.3. The van der Waals surface area contributed by atoms with Crippen molar-refractivity contribution in [2.75, 3.05) is 29.2 Å². The highest BCUT2D eigenvalue weighted by molar-refractivity contribution is 7.82. The van der Waals surface area contributed by atoms with Crippen molar-refractivity contribution >= 4 is 47.8 Å². The van der Waals surface area contributed by atoms with E-state index in [2.05, 4.69) is 23.4 Å². The first-order valence-electron chi connectivity index (χ1n) is 9.46. The van der Waals surface area contributed by atoms with E-state index in [0.717, 1.165) is 4.31 Å². The van der Waals surface area contributed by atoms with Crippen LogP contribution in [0.15, 0.2) is 72.8 Å². The molecule has 0 radical (unpaired) electrons. The van der Waals surface area contributed by atoms with E-state index < -0.39 is 17.9 Å². The lowest BCUT2D eigenvalue weighted by atomic mass is 10.1. The van der Waals surface area contributed by atoms with E-state index >= 15 is 0 Å². The Bertz CT molecular complexity index is 1140. The van der Waals surface area contributed by atoms with Crippen LogP contribution in [0.4, 0.5) is 21.9 Å². The first-order chi connectivity index (χ1) is 15.4. The Kier molecular flexibility index (Phi) is 7.35. The third-order valence-corrected chi connectivity index (χ3v) is 4.85. The van der Waals surface area contributed by atoms with Gasteiger partial charge in [0.05, 0.1) is 36.7 Å². The van der Waals surface area contributed by atoms with E-state index in [-0.39, 0.29) is 22.6 Å². The average Bonchev–Trinajstić information content (AvgIpc) is 2.83. The van der Waals surface area contributed by atoms with Crippen LogP contribution in [0.1, 0.15) is 20.7 Å². The average molecular weight is 452 g/mol. The van der Waals surface area contributed by atoms with Crippen LogP contribution < -0.4 is 19.7 Å². The second-order valence-electron chi connectivity index (χ2n) is 6.49. The second kappa shape index (κ2) is 10.4. The predicted octanol–water partition coefficient (Wildman–Crippen LogP) is 4.62. The van der Waals surface area contributed by atoms with E-state index in [9.17, 15) is 14.4 Å². The molecule has 0 spiro atoms. The van der Waals surface area contributed by atoms with E-state index in [1.54, 1.807) is 60.7 Å². The zero-order valence-electron chi connectivity index (χ0n) is 17.4. The number of carbonyl (C=O) groups is 3. The van der Waals surface area contributed by atoms with Crippen molar-refractivity contribution < 1.29 is 23.9 Å². The number of anilines is 3. The molecular formula is C23H21N3O5S. The van der Waals surface area contributed by atoms with Crippen molar-refractivity contribution in [2.45, 2.75) is 0 Å². The van der Waals surface area contributed by atoms with Gasteiger partial charge in [0.25, 0.3) is 5.91 Å². The molecule has 0 aliphatic carbocycles. The normalized spacial score (nSPS) is 10.1. The molecule has 164 valence electrons. The van der Waals surface area contributed by atoms with Gasteiger partial charge >= 0.3 is 12.0 Å². The molecule has 0 saturated carbocycles. The van der Waals surface area contributed by atoms with Gasteiger partial charge in [-0.2, -0.15) is 0 Å². The van der Waals surface area contributed by atoms with Crippen LogP contribution in [-0.2, 0) is 4.74 Å². The summed E-state index contributed by atoms with van der Waals surface area (Å²) in [5.74, 6) is -0.732. The maximum Gasteiger partial charge on any atom is 0.337 e. The standard InChI is InChI=1S/C23H21N3O5S/c1-30-20-18(21(27)24-16-9-4-3-5-10-16)12-7-13-19(20)25-23(29)26(32)17-11-6-8-15(14-17)22(28)31-2/h3-14,32H,1-2H3,(H,24,27)(H,25,29). The number of rotatable bonds is 6. The number of carbonyl (C=O) groups excluding carboxylic acids is 3. The molecule has 3 aromatic rings. The fraction of sp³-hybridized carbons (Fsp3) is 0.0870. The zero-order chi connectivity index (χ0) is 23.1. The summed E-state index contributed by atoms with van der Waals surface area (Å²) >= 11 is 4.24. The SMILES string of the molecule is COC(=O)c1cccc(N(S)C(=O)Nc2cccc(C(=O)Nc3ccccc3)c2OC)c1. The van der Waals surface area contributed by atoms with Crippen molar-refractivity contribution in [2.24, 2.45) is 0 Å². The van der Waals surface area contributed by atoms with Crippen molar-refractivity contribution in [3.8, 4) is 5.75 Å². The third kappa shape index (κ3) is 5.19. The minimum absolute atomic E-state index is 0.194. The van der Waals surface area contributed by atoms with Crippen LogP contribution in [-0.4, -0.2) is 32.1 Å². The molecule has 0 heterocycles. The number of hydrogen-bond acceptors (Lipinski definition) is 6. The molecule has 2 N–H and O–H groups in total. The largest absolute Gasteiger partial charge is 0.494 e. The molecule has 0 aliphatic rings. The van der Waals surface area contributed by atoms with Crippen LogP contribution in [0, 0.1) is 0 Å². The van der Waals surface area contributed by atoms with E-state index in [1.165, 1.54) is 20.3 Å². The Hall–Kier alpha value is -3.98. The Labute approximate surface area is 190 Å². The fourth-order valence-electron chi connectivity index (χ4n) is 2.92. The molecule has 3 amide bonds. The quantitative estimate of drug-likeness (QED) is 0.375. The highest BCUT2D eigenvalue weighted by Crippen LogP contribution is 2.30. The van der Waals surface area contributed by atoms with Gasteiger partial charge in [-0.15, -0.1) is 0 Å². The first kappa shape index (κ1) is 22.7. The van der Waals surface area contributed by atoms with Crippen molar-refractivity contribution in [1.29, 1.82) is 0 Å². The number of urea groups is 1. The maximum atomic E-state index is 12.8. The van der Waals surface area contributed by atoms with E-state index in [4.69, 9.17) is 9.47 Å². The van der Waals surface area contributed by atoms with Crippen LogP contribution in [0.5, 0.6) is 5.75 Å². The van der Waals surface area contributed by atoms with Gasteiger partial charge in [-0.25, -0.2) is 13.9 Å². The van der Waals surface area contributed by atoms with Crippen LogP contribution in [0.25, 0.3) is 0 Å². The number of amides is 3. The van der Waals surface area contributed by atoms with Gasteiger partial charge in [-0.3, -0.25) is 4.79 Å². The minimum Gasteiger partial charge on any atom is -0.494 e. The highest BCUT2D eigenvalue weighted by Gasteiger charge is 2.20. The van der Waals surface area contributed by atoms with Crippen LogP contribution in [0.3, 0.4) is 0 Å². The number of esters is 1. The summed E-state index contributed by atoms with van der Waals surface area (Å²) in [6, 6.07) is 19.4. The Morgan fingerprint density at radius 3 is 2.28 bits per heavy atom. The summed E-state index contributed by atoms with van der Waals surface area (Å²) in [5, 5.41) is 5.45. The van der Waals surface area contributed by atoms with Gasteiger partial charge in [-0.1, -0.05) is 43.1 Å². The lowest BCUT2D eigenvalue weighted by Gasteiger charge is -2.19. The summed E-state index contributed by atoms with van der Waals surface area (Å²) in [6.07, 6.45) is 0. The molecule has 3 rings (SSSR count). The minimum atomic E-state index is -0.616. The van der Waals surface area contributed by atoms with Crippen molar-refractivity contribution in [3.05, 3.63) is 83.9 Å². The van der Waals surface area contributed by atoms with Crippen LogP contribution in [0.2, 0.25) is 0 Å². The number of nitrogens with zero attached hydrogens (tertiary/aromatic N) is 1. The molecule has 0 aromatic heterocycles. The summed E-state index contributed by atoms with van der Waals surface area (Å²) in [7, 11) is 2.68. The predicted molar refractivity (Wildman–Crippen MR) is 126 cm³/mol. The van der Waals surface area contributed by atoms with Gasteiger partial charge in [0.1, 0.15) is 0 Å². The van der Waals surface area contributed by atoms with Gasteiger partial charge in [0.2, 0.25) is 0 Å². The number of nitrogens with one attached hydrogen (secondary N) is 2. The number of methoxy groups -OCH3 is 2. The molecule has 0 unspecified atom stereocenters. The Morgan fingerprint density at radius 1 is 0.875 bits per heavy atom. The molecule has 3 aromatic carbocycles. The molecule has 0 saturated heterocycles. The Balaban J connectivity index is 1.81. The number of thiol groups is 1. The van der Waals surface area contributed by atoms with E-state index in [1.807, 2.05) is 6.07 Å². The molecule has 32 heavy (non-hydrogen) atoms. The van der Waals surface area contributed by atoms with E-state index in [0.29, 0.717) is 11.4 Å². The summed E-state index contributed by atoms with van der Waals surface area (Å²) < 4.78 is 11.1. The molecule has 0 fully saturated rings. The molecule has 0 atom stereocenters. The molecule has 9 heteroatoms. The molecule has 8 nitrogen and oxygen atoms in total. The molecule has 0 aliphatic heterocycles. The monoisotopic (exact) mass is 451 g/mol. The van der Waals surface area contributed by atoms with Gasteiger partial charge < -0.3 is 20.1 Å². The van der Waals surface area contributed by atoms with Gasteiger partial charge in [-0.05, 0) is 42.5 Å². The summed E-state index contributed by atoms with van der Waals surface area (Å²) in [6.45, 7) is 0. The zero-order valence-corrected chi connectivity index (χ0v) is 18.3. The third-order valence-electron chi connectivity index (χ3n) is 4.44. The van der Waals surface area contributed by atoms with Crippen molar-refractivity contribution in [1.82, 2.24) is 0 Å². The van der Waals surface area contributed by atoms with Crippen molar-refractivity contribution in [3.63, 3.8) is 0 Å². The maximum absolute atomic E-state index is 12.8. The number of hydrogen-bond donors (Lipinski definition) is 3. The molecule has 0 bridgehead atoms. The topological polar surface area (TPSA) is 97.0 Å². The van der Waals surface area contributed by atoms with Gasteiger partial charge in [0, 0.05) is 5.69 Å². The fourth-order valence-corrected chi connectivity index (χ4v) is 3.10. The lowest BCUT2D eigenvalue weighted by molar-refractivity contribution is 0.0600. The first-order valence-corrected chi connectivity index (χ1v) is 9.86. The number of para-hydroxylation sites is 2. The smallest absolute Gasteiger partial charge is 0.337 e. The summed E-state index contributed by atoms with van der Waals surface area (Å²) in [5.41, 5.74) is 1.77.